The van der Waals surface area contributed by atoms with E-state index in [-0.39, 0.29) is 13.2 Å². The lowest BCUT2D eigenvalue weighted by atomic mass is 9.99. The zero-order valence-electron chi connectivity index (χ0n) is 17.0. The summed E-state index contributed by atoms with van der Waals surface area (Å²) in [5.41, 5.74) is 0.809. The van der Waals surface area contributed by atoms with E-state index in [2.05, 4.69) is 0 Å². The van der Waals surface area contributed by atoms with Gasteiger partial charge in [0.1, 0.15) is 55.0 Å². The molecule has 0 spiro atoms. The first-order chi connectivity index (χ1) is 15.2. The number of hydrogen-bond donors (Lipinski definition) is 9. The molecular formula is C19H30NO12+. The fraction of sp³-hybridized carbons (Fsp3) is 0.684. The van der Waals surface area contributed by atoms with Gasteiger partial charge in [-0.05, 0) is 17.7 Å². The second kappa shape index (κ2) is 11.1. The molecule has 2 aliphatic rings. The molecule has 1 aromatic carbocycles. The maximum absolute atomic E-state index is 10.2. The van der Waals surface area contributed by atoms with E-state index in [4.69, 9.17) is 34.5 Å². The van der Waals surface area contributed by atoms with Crippen molar-refractivity contribution in [1.29, 1.82) is 0 Å². The molecule has 182 valence electrons. The monoisotopic (exact) mass is 464 g/mol. The molecule has 0 aliphatic carbocycles. The normalized spacial score (nSPS) is 37.7. The molecule has 9 atom stereocenters. The summed E-state index contributed by atoms with van der Waals surface area (Å²) in [6.45, 7) is -0.816. The highest BCUT2D eigenvalue weighted by Crippen LogP contribution is 2.27. The lowest BCUT2D eigenvalue weighted by Gasteiger charge is -2.40. The molecule has 0 aromatic heterocycles. The summed E-state index contributed by atoms with van der Waals surface area (Å²) in [4.78, 5) is 0. The Kier molecular flexibility index (Phi) is 8.74. The number of nitrogens with one attached hydrogen (secondary N) is 1. The van der Waals surface area contributed by atoms with Crippen molar-refractivity contribution < 1.29 is 65.2 Å². The Morgan fingerprint density at radius 2 is 1.38 bits per heavy atom. The van der Waals surface area contributed by atoms with Gasteiger partial charge in [-0.15, -0.1) is 0 Å². The van der Waals surface area contributed by atoms with Crippen molar-refractivity contribution in [3.8, 4) is 5.75 Å². The molecule has 9 unspecified atom stereocenters. The van der Waals surface area contributed by atoms with Crippen LogP contribution in [0.2, 0.25) is 0 Å². The van der Waals surface area contributed by atoms with E-state index in [0.717, 1.165) is 5.56 Å². The minimum Gasteiger partial charge on any atom is -0.462 e. The van der Waals surface area contributed by atoms with E-state index >= 15 is 0 Å². The predicted molar refractivity (Wildman–Crippen MR) is 101 cm³/mol. The van der Waals surface area contributed by atoms with Crippen LogP contribution in [0.4, 0.5) is 0 Å². The summed E-state index contributed by atoms with van der Waals surface area (Å²) in [6, 6.07) is 6.51. The molecule has 2 fully saturated rings. The van der Waals surface area contributed by atoms with Crippen molar-refractivity contribution in [2.45, 2.75) is 61.7 Å². The Morgan fingerprint density at radius 3 is 1.97 bits per heavy atom. The number of hydroxylamine groups is 2. The van der Waals surface area contributed by atoms with Crippen molar-refractivity contribution >= 4 is 0 Å². The Bertz CT molecular complexity index is 706. The van der Waals surface area contributed by atoms with Crippen LogP contribution in [-0.4, -0.2) is 116 Å². The van der Waals surface area contributed by atoms with E-state index in [1.807, 2.05) is 0 Å². The summed E-state index contributed by atoms with van der Waals surface area (Å²) in [5, 5.41) is 76.5. The summed E-state index contributed by atoms with van der Waals surface area (Å²) < 4.78 is 21.7. The molecule has 2 aliphatic heterocycles. The average molecular weight is 464 g/mol. The van der Waals surface area contributed by atoms with E-state index in [1.165, 1.54) is 0 Å². The fourth-order valence-electron chi connectivity index (χ4n) is 3.47. The SMILES string of the molecule is OCC1OC(OCC2OC(Oc3ccc(CC[NH+](O)O)cc3)C(O)C(O)C2O)C(O)C1O. The van der Waals surface area contributed by atoms with Gasteiger partial charge in [0, 0.05) is 6.42 Å². The summed E-state index contributed by atoms with van der Waals surface area (Å²) in [7, 11) is 0. The largest absolute Gasteiger partial charge is 0.462 e. The van der Waals surface area contributed by atoms with Crippen LogP contribution in [0.15, 0.2) is 24.3 Å². The number of aliphatic hydroxyl groups is 6. The molecule has 32 heavy (non-hydrogen) atoms. The second-order valence-electron chi connectivity index (χ2n) is 7.73. The maximum Gasteiger partial charge on any atom is 0.229 e. The average Bonchev–Trinajstić information content (AvgIpc) is 3.06. The summed E-state index contributed by atoms with van der Waals surface area (Å²) in [5.74, 6) is 0.293. The number of quaternary nitrogens is 1. The van der Waals surface area contributed by atoms with Crippen LogP contribution in [0.1, 0.15) is 5.56 Å². The van der Waals surface area contributed by atoms with Crippen LogP contribution in [0.3, 0.4) is 0 Å². The van der Waals surface area contributed by atoms with Crippen LogP contribution in [-0.2, 0) is 20.6 Å². The van der Waals surface area contributed by atoms with E-state index in [9.17, 15) is 25.5 Å². The molecule has 0 bridgehead atoms. The first kappa shape index (κ1) is 25.2. The highest BCUT2D eigenvalue weighted by atomic mass is 16.8. The van der Waals surface area contributed by atoms with Crippen molar-refractivity contribution in [2.75, 3.05) is 19.8 Å². The van der Waals surface area contributed by atoms with Crippen molar-refractivity contribution in [3.05, 3.63) is 29.8 Å². The third kappa shape index (κ3) is 5.91. The van der Waals surface area contributed by atoms with E-state index in [0.29, 0.717) is 12.2 Å². The molecule has 9 N–H and O–H groups in total. The quantitative estimate of drug-likeness (QED) is 0.159. The third-order valence-electron chi connectivity index (χ3n) is 5.40. The fourth-order valence-corrected chi connectivity index (χ4v) is 3.47. The van der Waals surface area contributed by atoms with Crippen molar-refractivity contribution in [3.63, 3.8) is 0 Å². The van der Waals surface area contributed by atoms with E-state index < -0.39 is 67.1 Å². The lowest BCUT2D eigenvalue weighted by Crippen LogP contribution is -3.07. The van der Waals surface area contributed by atoms with Gasteiger partial charge in [0.2, 0.25) is 6.29 Å². The Morgan fingerprint density at radius 1 is 0.781 bits per heavy atom. The molecule has 0 radical (unpaired) electrons. The first-order valence-corrected chi connectivity index (χ1v) is 10.1. The Labute approximate surface area is 183 Å². The van der Waals surface area contributed by atoms with Gasteiger partial charge in [-0.2, -0.15) is 10.4 Å². The number of ether oxygens (including phenoxy) is 4. The van der Waals surface area contributed by atoms with Crippen LogP contribution >= 0.6 is 0 Å². The smallest absolute Gasteiger partial charge is 0.229 e. The van der Waals surface area contributed by atoms with Crippen molar-refractivity contribution in [1.82, 2.24) is 0 Å². The van der Waals surface area contributed by atoms with Gasteiger partial charge in [-0.3, -0.25) is 0 Å². The molecule has 13 heteroatoms. The molecular weight excluding hydrogens is 434 g/mol. The Hall–Kier alpha value is -1.46. The van der Waals surface area contributed by atoms with Gasteiger partial charge in [-0.25, -0.2) is 0 Å². The van der Waals surface area contributed by atoms with Crippen LogP contribution < -0.4 is 9.96 Å². The summed E-state index contributed by atoms with van der Waals surface area (Å²) in [6.07, 6.45) is -11.9. The maximum atomic E-state index is 10.2. The van der Waals surface area contributed by atoms with E-state index in [1.54, 1.807) is 24.3 Å². The highest BCUT2D eigenvalue weighted by Gasteiger charge is 2.47. The zero-order chi connectivity index (χ0) is 23.4. The molecule has 0 saturated carbocycles. The predicted octanol–water partition coefficient (Wildman–Crippen LogP) is -4.47. The Balaban J connectivity index is 1.58. The minimum atomic E-state index is -1.62. The zero-order valence-corrected chi connectivity index (χ0v) is 17.0. The van der Waals surface area contributed by atoms with Gasteiger partial charge in [0.15, 0.2) is 6.29 Å². The van der Waals surface area contributed by atoms with Gasteiger partial charge in [-0.1, -0.05) is 17.4 Å². The molecule has 2 saturated heterocycles. The first-order valence-electron chi connectivity index (χ1n) is 10.1. The molecule has 3 rings (SSSR count). The topological polar surface area (TPSA) is 203 Å². The van der Waals surface area contributed by atoms with Gasteiger partial charge >= 0.3 is 0 Å². The van der Waals surface area contributed by atoms with Crippen molar-refractivity contribution in [2.24, 2.45) is 0 Å². The molecule has 13 nitrogen and oxygen atoms in total. The van der Waals surface area contributed by atoms with Gasteiger partial charge < -0.3 is 49.6 Å². The van der Waals surface area contributed by atoms with Crippen LogP contribution in [0.25, 0.3) is 0 Å². The van der Waals surface area contributed by atoms with Crippen LogP contribution in [0.5, 0.6) is 5.75 Å². The van der Waals surface area contributed by atoms with Gasteiger partial charge in [0.25, 0.3) is 0 Å². The summed E-state index contributed by atoms with van der Waals surface area (Å²) >= 11 is 0. The number of hydrogen-bond acceptors (Lipinski definition) is 12. The highest BCUT2D eigenvalue weighted by molar-refractivity contribution is 5.27. The molecule has 1 aromatic rings. The number of aliphatic hydroxyl groups excluding tert-OH is 6. The number of benzene rings is 1. The number of rotatable bonds is 9. The standard InChI is InChI=1S/C19H29NO12/c21-7-11-13(22)16(25)18(31-11)29-8-12-14(23)15(24)17(26)19(32-12)30-10-3-1-9(2-4-10)5-6-20(27)28/h1-4,11-19,21-28H,5-8H2/p+1. The van der Waals surface area contributed by atoms with Gasteiger partial charge in [0.05, 0.1) is 13.2 Å². The third-order valence-corrected chi connectivity index (χ3v) is 5.40. The second-order valence-corrected chi connectivity index (χ2v) is 7.73. The van der Waals surface area contributed by atoms with Crippen LogP contribution in [0, 0.1) is 0 Å². The molecule has 2 heterocycles. The molecule has 0 amide bonds. The minimum absolute atomic E-state index is 0.0892. The lowest BCUT2D eigenvalue weighted by molar-refractivity contribution is -1.24.